The van der Waals surface area contributed by atoms with Gasteiger partial charge in [0.05, 0.1) is 6.10 Å². The van der Waals surface area contributed by atoms with E-state index in [0.29, 0.717) is 12.4 Å². The summed E-state index contributed by atoms with van der Waals surface area (Å²) in [5.41, 5.74) is 0. The number of aromatic nitrogens is 4. The zero-order valence-electron chi connectivity index (χ0n) is 12.2. The Kier molecular flexibility index (Phi) is 5.46. The van der Waals surface area contributed by atoms with Gasteiger partial charge in [0.2, 0.25) is 5.91 Å². The van der Waals surface area contributed by atoms with Gasteiger partial charge in [-0.05, 0) is 12.8 Å². The minimum atomic E-state index is 0.00548. The quantitative estimate of drug-likeness (QED) is 0.844. The first-order valence-electron chi connectivity index (χ1n) is 7.25. The molecule has 1 atom stereocenters. The van der Waals surface area contributed by atoms with E-state index in [4.69, 9.17) is 4.74 Å². The molecule has 1 aromatic heterocycles. The Morgan fingerprint density at radius 2 is 2.20 bits per heavy atom. The van der Waals surface area contributed by atoms with Crippen molar-refractivity contribution in [3.05, 3.63) is 5.82 Å². The fraction of sp³-hybridized carbons (Fsp3) is 0.846. The molecule has 7 nitrogen and oxygen atoms in total. The molecule has 1 N–H and O–H groups in total. The van der Waals surface area contributed by atoms with Crippen LogP contribution in [0.1, 0.15) is 50.8 Å². The Labute approximate surface area is 119 Å². The number of tetrazole rings is 1. The van der Waals surface area contributed by atoms with Gasteiger partial charge in [-0.1, -0.05) is 31.4 Å². The summed E-state index contributed by atoms with van der Waals surface area (Å²) in [5, 5.41) is 13.8. The van der Waals surface area contributed by atoms with Gasteiger partial charge in [0.1, 0.15) is 6.61 Å². The third-order valence-electron chi connectivity index (χ3n) is 3.77. The second-order valence-corrected chi connectivity index (χ2v) is 5.52. The van der Waals surface area contributed by atoms with Crippen molar-refractivity contribution in [2.24, 2.45) is 0 Å². The maximum absolute atomic E-state index is 12.0. The molecule has 20 heavy (non-hydrogen) atoms. The van der Waals surface area contributed by atoms with Gasteiger partial charge < -0.3 is 9.64 Å². The Hall–Kier alpha value is -1.50. The predicted molar refractivity (Wildman–Crippen MR) is 73.1 cm³/mol. The van der Waals surface area contributed by atoms with Crippen molar-refractivity contribution in [2.45, 2.75) is 51.0 Å². The van der Waals surface area contributed by atoms with E-state index < -0.39 is 0 Å². The molecular weight excluding hydrogens is 258 g/mol. The van der Waals surface area contributed by atoms with Gasteiger partial charge in [-0.3, -0.25) is 4.79 Å². The number of aromatic amines is 1. The topological polar surface area (TPSA) is 84.0 Å². The minimum Gasteiger partial charge on any atom is -0.368 e. The summed E-state index contributed by atoms with van der Waals surface area (Å²) in [5.74, 6) is 0.682. The molecule has 1 aliphatic carbocycles. The molecule has 0 saturated heterocycles. The monoisotopic (exact) mass is 281 g/mol. The van der Waals surface area contributed by atoms with Crippen molar-refractivity contribution in [1.29, 1.82) is 0 Å². The SMILES string of the molecule is CC(CN(C)C(=O)COC1CCCCC1)c1nn[nH]n1. The highest BCUT2D eigenvalue weighted by Crippen LogP contribution is 2.20. The predicted octanol–water partition coefficient (Wildman–Crippen LogP) is 1.11. The van der Waals surface area contributed by atoms with E-state index in [0.717, 1.165) is 12.8 Å². The van der Waals surface area contributed by atoms with Crippen molar-refractivity contribution >= 4 is 5.91 Å². The van der Waals surface area contributed by atoms with Gasteiger partial charge in [0.25, 0.3) is 0 Å². The van der Waals surface area contributed by atoms with E-state index in [1.54, 1.807) is 11.9 Å². The van der Waals surface area contributed by atoms with E-state index in [9.17, 15) is 4.79 Å². The summed E-state index contributed by atoms with van der Waals surface area (Å²) in [6, 6.07) is 0. The molecule has 1 saturated carbocycles. The molecule has 0 aromatic carbocycles. The number of likely N-dealkylation sites (N-methyl/N-ethyl adjacent to an activating group) is 1. The lowest BCUT2D eigenvalue weighted by molar-refractivity contribution is -0.137. The summed E-state index contributed by atoms with van der Waals surface area (Å²) in [6.45, 7) is 2.70. The lowest BCUT2D eigenvalue weighted by Crippen LogP contribution is -2.35. The number of ether oxygens (including phenoxy) is 1. The highest BCUT2D eigenvalue weighted by molar-refractivity contribution is 5.77. The van der Waals surface area contributed by atoms with Crippen LogP contribution in [0.15, 0.2) is 0 Å². The summed E-state index contributed by atoms with van der Waals surface area (Å²) < 4.78 is 5.70. The van der Waals surface area contributed by atoms with E-state index in [2.05, 4.69) is 20.6 Å². The van der Waals surface area contributed by atoms with Gasteiger partial charge in [-0.15, -0.1) is 10.2 Å². The summed E-state index contributed by atoms with van der Waals surface area (Å²) in [6.07, 6.45) is 6.13. The largest absolute Gasteiger partial charge is 0.368 e. The van der Waals surface area contributed by atoms with E-state index in [-0.39, 0.29) is 24.5 Å². The van der Waals surface area contributed by atoms with Gasteiger partial charge in [-0.2, -0.15) is 5.21 Å². The average Bonchev–Trinajstić information content (AvgIpc) is 3.00. The second kappa shape index (κ2) is 7.33. The van der Waals surface area contributed by atoms with Crippen LogP contribution >= 0.6 is 0 Å². The zero-order valence-corrected chi connectivity index (χ0v) is 12.2. The van der Waals surface area contributed by atoms with Crippen LogP contribution < -0.4 is 0 Å². The number of carbonyl (C=O) groups is 1. The molecule has 0 spiro atoms. The Balaban J connectivity index is 1.71. The maximum Gasteiger partial charge on any atom is 0.248 e. The Morgan fingerprint density at radius 1 is 1.45 bits per heavy atom. The molecule has 1 fully saturated rings. The molecule has 1 aromatic rings. The number of H-pyrrole nitrogens is 1. The van der Waals surface area contributed by atoms with Crippen LogP contribution in [-0.2, 0) is 9.53 Å². The lowest BCUT2D eigenvalue weighted by atomic mass is 9.98. The smallest absolute Gasteiger partial charge is 0.248 e. The minimum absolute atomic E-state index is 0.00548. The van der Waals surface area contributed by atoms with Gasteiger partial charge >= 0.3 is 0 Å². The fourth-order valence-electron chi connectivity index (χ4n) is 2.50. The lowest BCUT2D eigenvalue weighted by Gasteiger charge is -2.24. The molecule has 1 aliphatic rings. The van der Waals surface area contributed by atoms with Crippen LogP contribution in [0.2, 0.25) is 0 Å². The molecule has 7 heteroatoms. The Morgan fingerprint density at radius 3 is 2.85 bits per heavy atom. The number of carbonyl (C=O) groups excluding carboxylic acids is 1. The van der Waals surface area contributed by atoms with Crippen molar-refractivity contribution in [2.75, 3.05) is 20.2 Å². The molecule has 0 aliphatic heterocycles. The van der Waals surface area contributed by atoms with Crippen molar-refractivity contribution < 1.29 is 9.53 Å². The summed E-state index contributed by atoms with van der Waals surface area (Å²) >= 11 is 0. The summed E-state index contributed by atoms with van der Waals surface area (Å²) in [4.78, 5) is 13.7. The molecular formula is C13H23N5O2. The second-order valence-electron chi connectivity index (χ2n) is 5.52. The van der Waals surface area contributed by atoms with Gasteiger partial charge in [0.15, 0.2) is 5.82 Å². The summed E-state index contributed by atoms with van der Waals surface area (Å²) in [7, 11) is 1.78. The van der Waals surface area contributed by atoms with E-state index in [1.807, 2.05) is 6.92 Å². The van der Waals surface area contributed by atoms with Crippen LogP contribution in [0.3, 0.4) is 0 Å². The number of amides is 1. The third kappa shape index (κ3) is 4.26. The van der Waals surface area contributed by atoms with Gasteiger partial charge in [-0.25, -0.2) is 0 Å². The first-order chi connectivity index (χ1) is 9.66. The van der Waals surface area contributed by atoms with Crippen LogP contribution in [0, 0.1) is 0 Å². The standard InChI is InChI=1S/C13H23N5O2/c1-10(13-14-16-17-15-13)8-18(2)12(19)9-20-11-6-4-3-5-7-11/h10-11H,3-9H2,1-2H3,(H,14,15,16,17). The number of hydrogen-bond donors (Lipinski definition) is 1. The number of hydrogen-bond acceptors (Lipinski definition) is 5. The van der Waals surface area contributed by atoms with Crippen LogP contribution in [0.5, 0.6) is 0 Å². The van der Waals surface area contributed by atoms with Gasteiger partial charge in [0, 0.05) is 19.5 Å². The van der Waals surface area contributed by atoms with Crippen LogP contribution in [0.4, 0.5) is 0 Å². The molecule has 1 heterocycles. The van der Waals surface area contributed by atoms with E-state index in [1.165, 1.54) is 19.3 Å². The fourth-order valence-corrected chi connectivity index (χ4v) is 2.50. The molecule has 0 radical (unpaired) electrons. The average molecular weight is 281 g/mol. The highest BCUT2D eigenvalue weighted by Gasteiger charge is 2.19. The first kappa shape index (κ1) is 14.9. The molecule has 0 bridgehead atoms. The van der Waals surface area contributed by atoms with Crippen molar-refractivity contribution in [3.8, 4) is 0 Å². The molecule has 2 rings (SSSR count). The van der Waals surface area contributed by atoms with Crippen molar-refractivity contribution in [3.63, 3.8) is 0 Å². The number of nitrogens with zero attached hydrogens (tertiary/aromatic N) is 4. The number of nitrogens with one attached hydrogen (secondary N) is 1. The third-order valence-corrected chi connectivity index (χ3v) is 3.77. The first-order valence-corrected chi connectivity index (χ1v) is 7.25. The molecule has 1 amide bonds. The van der Waals surface area contributed by atoms with Crippen molar-refractivity contribution in [1.82, 2.24) is 25.5 Å². The number of rotatable bonds is 6. The van der Waals surface area contributed by atoms with E-state index >= 15 is 0 Å². The zero-order chi connectivity index (χ0) is 14.4. The normalized spacial score (nSPS) is 17.9. The molecule has 112 valence electrons. The molecule has 1 unspecified atom stereocenters. The highest BCUT2D eigenvalue weighted by atomic mass is 16.5. The van der Waals surface area contributed by atoms with Crippen LogP contribution in [-0.4, -0.2) is 57.7 Å². The van der Waals surface area contributed by atoms with Crippen LogP contribution in [0.25, 0.3) is 0 Å². The maximum atomic E-state index is 12.0. The Bertz CT molecular complexity index is 403.